The van der Waals surface area contributed by atoms with Crippen LogP contribution in [0.2, 0.25) is 0 Å². The van der Waals surface area contributed by atoms with Gasteiger partial charge in [-0.25, -0.2) is 9.13 Å². The van der Waals surface area contributed by atoms with E-state index in [9.17, 15) is 0 Å². The fourth-order valence-corrected chi connectivity index (χ4v) is 4.89. The van der Waals surface area contributed by atoms with Crippen LogP contribution in [0.3, 0.4) is 0 Å². The van der Waals surface area contributed by atoms with Crippen molar-refractivity contribution in [3.8, 4) is 22.8 Å². The third-order valence-electron chi connectivity index (χ3n) is 6.82. The third kappa shape index (κ3) is 3.50. The quantitative estimate of drug-likeness (QED) is 0.227. The first-order valence-electron chi connectivity index (χ1n) is 12.1. The van der Waals surface area contributed by atoms with Gasteiger partial charge in [-0.15, -0.1) is 0 Å². The molecular weight excluding hydrogens is 444 g/mol. The Morgan fingerprint density at radius 2 is 0.861 bits per heavy atom. The Hall–Kier alpha value is -4.58. The molecule has 0 amide bonds. The van der Waals surface area contributed by atoms with Crippen molar-refractivity contribution in [3.05, 3.63) is 108 Å². The van der Waals surface area contributed by atoms with Crippen LogP contribution in [0.5, 0.6) is 0 Å². The van der Waals surface area contributed by atoms with E-state index in [0.29, 0.717) is 0 Å². The Morgan fingerprint density at radius 3 is 1.25 bits per heavy atom. The number of hydrogen-bond acceptors (Lipinski definition) is 2. The van der Waals surface area contributed by atoms with E-state index in [1.165, 1.54) is 11.1 Å². The predicted octanol–water partition coefficient (Wildman–Crippen LogP) is 5.87. The molecule has 6 rings (SSSR count). The molecule has 0 atom stereocenters. The summed E-state index contributed by atoms with van der Waals surface area (Å²) in [5, 5.41) is 9.72. The Balaban J connectivity index is 1.60. The van der Waals surface area contributed by atoms with Gasteiger partial charge in [-0.3, -0.25) is 0 Å². The minimum atomic E-state index is 0.970. The highest BCUT2D eigenvalue weighted by atomic mass is 15.6. The summed E-state index contributed by atoms with van der Waals surface area (Å²) in [6, 6.07) is 33.6. The first kappa shape index (κ1) is 21.9. The van der Waals surface area contributed by atoms with Crippen LogP contribution in [0.1, 0.15) is 11.1 Å². The summed E-state index contributed by atoms with van der Waals surface area (Å²) in [7, 11) is 4.15. The van der Waals surface area contributed by atoms with Gasteiger partial charge in [-0.05, 0) is 62.4 Å². The molecule has 0 unspecified atom stereocenters. The summed E-state index contributed by atoms with van der Waals surface area (Å²) in [6.07, 6.45) is 0. The molecule has 0 saturated heterocycles. The number of aryl methyl sites for hydroxylation is 4. The van der Waals surface area contributed by atoms with E-state index in [4.69, 9.17) is 10.4 Å². The first-order chi connectivity index (χ1) is 17.5. The van der Waals surface area contributed by atoms with Crippen molar-refractivity contribution in [3.63, 3.8) is 0 Å². The van der Waals surface area contributed by atoms with Gasteiger partial charge in [0, 0.05) is 0 Å². The molecule has 0 aliphatic rings. The molecule has 2 aromatic heterocycles. The summed E-state index contributed by atoms with van der Waals surface area (Å²) in [5.41, 5.74) is 8.79. The summed E-state index contributed by atoms with van der Waals surface area (Å²) in [4.78, 5) is 0. The maximum atomic E-state index is 4.86. The van der Waals surface area contributed by atoms with Crippen LogP contribution in [-0.4, -0.2) is 9.35 Å². The standard InChI is InChI=1S/C30H28N6/c1-21-13-17-23(18-14-21)29-33(3)25-9-5-7-11-27(25)35(29)31-32-36-28-12-8-6-10-26(28)34(4)30(36)24-19-15-22(2)16-20-24/h5-20H,1-4H3/q+2/b32-31+. The average Bonchev–Trinajstić information content (AvgIpc) is 3.35. The molecule has 0 fully saturated rings. The van der Waals surface area contributed by atoms with Gasteiger partial charge in [0.25, 0.3) is 0 Å². The number of para-hydroxylation sites is 4. The smallest absolute Gasteiger partial charge is 0.224 e. The van der Waals surface area contributed by atoms with Crippen LogP contribution in [0.15, 0.2) is 108 Å². The SMILES string of the molecule is Cc1ccc(-c2n(/N=N/n3c(-c4ccc(C)cc4)[n+](C)c4ccccc43)c3ccccc3[n+]2C)cc1. The number of hydrogen-bond donors (Lipinski definition) is 0. The lowest BCUT2D eigenvalue weighted by molar-refractivity contribution is -0.634. The van der Waals surface area contributed by atoms with Crippen LogP contribution in [0.25, 0.3) is 44.8 Å². The molecule has 0 N–H and O–H groups in total. The second kappa shape index (κ2) is 8.57. The van der Waals surface area contributed by atoms with E-state index < -0.39 is 0 Å². The van der Waals surface area contributed by atoms with Gasteiger partial charge in [0.15, 0.2) is 11.0 Å². The maximum absolute atomic E-state index is 4.86. The zero-order valence-corrected chi connectivity index (χ0v) is 20.9. The summed E-state index contributed by atoms with van der Waals surface area (Å²) >= 11 is 0. The van der Waals surface area contributed by atoms with Gasteiger partial charge in [-0.2, -0.15) is 0 Å². The highest BCUT2D eigenvalue weighted by Gasteiger charge is 2.28. The van der Waals surface area contributed by atoms with E-state index in [2.05, 4.69) is 122 Å². The normalized spacial score (nSPS) is 11.8. The van der Waals surface area contributed by atoms with Crippen LogP contribution < -0.4 is 9.13 Å². The molecule has 0 aliphatic heterocycles. The second-order valence-electron chi connectivity index (χ2n) is 9.28. The van der Waals surface area contributed by atoms with Gasteiger partial charge in [0.05, 0.1) is 35.7 Å². The van der Waals surface area contributed by atoms with Crippen molar-refractivity contribution >= 4 is 22.1 Å². The fourth-order valence-electron chi connectivity index (χ4n) is 4.89. The summed E-state index contributed by atoms with van der Waals surface area (Å²) in [5.74, 6) is 1.94. The number of nitrogens with zero attached hydrogens (tertiary/aromatic N) is 6. The van der Waals surface area contributed by atoms with Crippen molar-refractivity contribution in [1.29, 1.82) is 0 Å². The topological polar surface area (TPSA) is 42.3 Å². The zero-order chi connectivity index (χ0) is 24.8. The molecule has 2 heterocycles. The first-order valence-corrected chi connectivity index (χ1v) is 12.1. The van der Waals surface area contributed by atoms with E-state index in [0.717, 1.165) is 44.8 Å². The Kier molecular flexibility index (Phi) is 5.22. The average molecular weight is 473 g/mol. The molecule has 6 aromatic rings. The van der Waals surface area contributed by atoms with Crippen LogP contribution in [0.4, 0.5) is 0 Å². The van der Waals surface area contributed by atoms with Crippen LogP contribution >= 0.6 is 0 Å². The third-order valence-corrected chi connectivity index (χ3v) is 6.82. The Bertz CT molecular complexity index is 1620. The minimum absolute atomic E-state index is 0.970. The van der Waals surface area contributed by atoms with Gasteiger partial charge in [-0.1, -0.05) is 69.0 Å². The molecule has 6 heteroatoms. The number of aromatic nitrogens is 4. The summed E-state index contributed by atoms with van der Waals surface area (Å²) in [6.45, 7) is 4.20. The number of benzene rings is 4. The monoisotopic (exact) mass is 472 g/mol. The lowest BCUT2D eigenvalue weighted by Crippen LogP contribution is -2.30. The molecule has 4 aromatic carbocycles. The molecule has 36 heavy (non-hydrogen) atoms. The van der Waals surface area contributed by atoms with E-state index in [-0.39, 0.29) is 0 Å². The van der Waals surface area contributed by atoms with E-state index in [1.807, 2.05) is 21.5 Å². The lowest BCUT2D eigenvalue weighted by atomic mass is 10.1. The van der Waals surface area contributed by atoms with Crippen molar-refractivity contribution in [2.75, 3.05) is 0 Å². The maximum Gasteiger partial charge on any atom is 0.316 e. The largest absolute Gasteiger partial charge is 0.316 e. The fraction of sp³-hybridized carbons (Fsp3) is 0.133. The number of imidazole rings is 2. The highest BCUT2D eigenvalue weighted by Crippen LogP contribution is 2.26. The van der Waals surface area contributed by atoms with Gasteiger partial charge in [0.2, 0.25) is 11.0 Å². The summed E-state index contributed by atoms with van der Waals surface area (Å²) < 4.78 is 8.22. The lowest BCUT2D eigenvalue weighted by Gasteiger charge is -2.00. The van der Waals surface area contributed by atoms with Crippen molar-refractivity contribution in [2.45, 2.75) is 13.8 Å². The molecular formula is C30H28N6+2. The van der Waals surface area contributed by atoms with E-state index in [1.54, 1.807) is 0 Å². The van der Waals surface area contributed by atoms with Crippen molar-refractivity contribution in [1.82, 2.24) is 9.35 Å². The Labute approximate surface area is 210 Å². The molecule has 0 bridgehead atoms. The van der Waals surface area contributed by atoms with Gasteiger partial charge < -0.3 is 0 Å². The van der Waals surface area contributed by atoms with Gasteiger partial charge >= 0.3 is 11.6 Å². The molecule has 0 aliphatic carbocycles. The number of rotatable bonds is 4. The molecule has 0 spiro atoms. The molecule has 0 radical (unpaired) electrons. The minimum Gasteiger partial charge on any atom is -0.224 e. The molecule has 0 saturated carbocycles. The Morgan fingerprint density at radius 1 is 0.500 bits per heavy atom. The van der Waals surface area contributed by atoms with E-state index >= 15 is 0 Å². The molecule has 6 nitrogen and oxygen atoms in total. The predicted molar refractivity (Wildman–Crippen MR) is 142 cm³/mol. The zero-order valence-electron chi connectivity index (χ0n) is 20.9. The van der Waals surface area contributed by atoms with Crippen LogP contribution in [-0.2, 0) is 14.1 Å². The highest BCUT2D eigenvalue weighted by molar-refractivity contribution is 5.77. The molecule has 176 valence electrons. The van der Waals surface area contributed by atoms with Crippen LogP contribution in [0, 0.1) is 13.8 Å². The van der Waals surface area contributed by atoms with Crippen molar-refractivity contribution < 1.29 is 9.13 Å². The van der Waals surface area contributed by atoms with Gasteiger partial charge in [0.1, 0.15) is 0 Å². The number of fused-ring (bicyclic) bond motifs is 2. The van der Waals surface area contributed by atoms with Crippen molar-refractivity contribution in [2.24, 2.45) is 24.5 Å². The second-order valence-corrected chi connectivity index (χ2v) is 9.28.